The summed E-state index contributed by atoms with van der Waals surface area (Å²) in [5.41, 5.74) is 3.06. The van der Waals surface area contributed by atoms with E-state index in [9.17, 15) is 14.7 Å². The number of carboxylic acid groups (broad SMARTS) is 1. The van der Waals surface area contributed by atoms with Gasteiger partial charge in [0.25, 0.3) is 5.56 Å². The molecule has 30 heavy (non-hydrogen) atoms. The third kappa shape index (κ3) is 4.68. The Morgan fingerprint density at radius 1 is 1.17 bits per heavy atom. The van der Waals surface area contributed by atoms with Crippen LogP contribution in [0.25, 0.3) is 5.52 Å². The first-order chi connectivity index (χ1) is 14.4. The topological polar surface area (TPSA) is 78.2 Å². The van der Waals surface area contributed by atoms with E-state index in [1.807, 2.05) is 31.4 Å². The molecule has 7 nitrogen and oxygen atoms in total. The monoisotopic (exact) mass is 408 g/mol. The summed E-state index contributed by atoms with van der Waals surface area (Å²) >= 11 is 0. The Labute approximate surface area is 176 Å². The molecular weight excluding hydrogens is 380 g/mol. The van der Waals surface area contributed by atoms with Gasteiger partial charge in [-0.1, -0.05) is 13.0 Å². The van der Waals surface area contributed by atoms with Crippen molar-refractivity contribution in [3.63, 3.8) is 0 Å². The Morgan fingerprint density at radius 2 is 1.97 bits per heavy atom. The molecule has 0 aliphatic rings. The molecule has 0 amide bonds. The van der Waals surface area contributed by atoms with Crippen molar-refractivity contribution in [2.75, 3.05) is 31.6 Å². The van der Waals surface area contributed by atoms with Crippen molar-refractivity contribution >= 4 is 17.2 Å². The van der Waals surface area contributed by atoms with Gasteiger partial charge in [-0.15, -0.1) is 0 Å². The molecule has 3 aromatic rings. The standard InChI is InChI=1S/C23H28N4O3/c1-4-18-15-19(9-10-24-18)26(5-2)13-12-25(3)16-17-14-20(23(29)30)22(28)27-11-7-6-8-21(17)27/h6-11,14-15H,4-5,12-13,16H2,1-3H3,(H,29,30). The van der Waals surface area contributed by atoms with E-state index in [1.54, 1.807) is 12.3 Å². The number of aromatic nitrogens is 2. The number of aromatic carboxylic acids is 1. The lowest BCUT2D eigenvalue weighted by atomic mass is 10.1. The third-order valence-electron chi connectivity index (χ3n) is 5.29. The Bertz CT molecular complexity index is 1090. The number of pyridine rings is 3. The summed E-state index contributed by atoms with van der Waals surface area (Å²) in [5.74, 6) is -1.20. The van der Waals surface area contributed by atoms with Crippen molar-refractivity contribution in [2.45, 2.75) is 26.8 Å². The first-order valence-corrected chi connectivity index (χ1v) is 10.2. The van der Waals surface area contributed by atoms with E-state index in [4.69, 9.17) is 0 Å². The molecule has 0 saturated carbocycles. The molecule has 3 heterocycles. The van der Waals surface area contributed by atoms with Crippen LogP contribution in [0.2, 0.25) is 0 Å². The summed E-state index contributed by atoms with van der Waals surface area (Å²) in [6.07, 6.45) is 4.36. The third-order valence-corrected chi connectivity index (χ3v) is 5.29. The van der Waals surface area contributed by atoms with Gasteiger partial charge in [-0.3, -0.25) is 14.2 Å². The summed E-state index contributed by atoms with van der Waals surface area (Å²) in [4.78, 5) is 32.8. The van der Waals surface area contributed by atoms with Gasteiger partial charge in [0.2, 0.25) is 0 Å². The molecule has 0 unspecified atom stereocenters. The van der Waals surface area contributed by atoms with Gasteiger partial charge in [-0.2, -0.15) is 0 Å². The van der Waals surface area contributed by atoms with Crippen molar-refractivity contribution in [3.05, 3.63) is 76.0 Å². The second-order valence-electron chi connectivity index (χ2n) is 7.33. The van der Waals surface area contributed by atoms with Gasteiger partial charge in [-0.05, 0) is 56.3 Å². The van der Waals surface area contributed by atoms with Crippen LogP contribution in [0.15, 0.2) is 53.6 Å². The molecule has 0 aliphatic carbocycles. The largest absolute Gasteiger partial charge is 0.477 e. The van der Waals surface area contributed by atoms with Gasteiger partial charge < -0.3 is 14.9 Å². The van der Waals surface area contributed by atoms with Crippen LogP contribution >= 0.6 is 0 Å². The highest BCUT2D eigenvalue weighted by Gasteiger charge is 2.16. The predicted molar refractivity (Wildman–Crippen MR) is 118 cm³/mol. The van der Waals surface area contributed by atoms with E-state index in [-0.39, 0.29) is 5.56 Å². The van der Waals surface area contributed by atoms with Crippen molar-refractivity contribution in [3.8, 4) is 0 Å². The van der Waals surface area contributed by atoms with Crippen LogP contribution in [0.4, 0.5) is 5.69 Å². The lowest BCUT2D eigenvalue weighted by molar-refractivity contribution is 0.0694. The number of anilines is 1. The Hall–Kier alpha value is -3.19. The summed E-state index contributed by atoms with van der Waals surface area (Å²) in [5, 5.41) is 9.42. The predicted octanol–water partition coefficient (Wildman–Crippen LogP) is 2.91. The molecule has 0 saturated heterocycles. The molecule has 1 N–H and O–H groups in total. The normalized spacial score (nSPS) is 11.2. The van der Waals surface area contributed by atoms with Crippen molar-refractivity contribution < 1.29 is 9.90 Å². The lowest BCUT2D eigenvalue weighted by Crippen LogP contribution is -2.33. The number of hydrogen-bond acceptors (Lipinski definition) is 5. The maximum Gasteiger partial charge on any atom is 0.341 e. The molecule has 0 atom stereocenters. The summed E-state index contributed by atoms with van der Waals surface area (Å²) in [7, 11) is 2.00. The van der Waals surface area contributed by atoms with E-state index >= 15 is 0 Å². The molecule has 0 bridgehead atoms. The average molecular weight is 409 g/mol. The summed E-state index contributed by atoms with van der Waals surface area (Å²) in [6, 6.07) is 11.1. The molecule has 0 radical (unpaired) electrons. The van der Waals surface area contributed by atoms with Gasteiger partial charge >= 0.3 is 5.97 Å². The van der Waals surface area contributed by atoms with Crippen LogP contribution in [-0.2, 0) is 13.0 Å². The van der Waals surface area contributed by atoms with E-state index in [0.717, 1.165) is 48.5 Å². The van der Waals surface area contributed by atoms with E-state index in [2.05, 4.69) is 34.7 Å². The highest BCUT2D eigenvalue weighted by Crippen LogP contribution is 2.16. The molecule has 0 spiro atoms. The van der Waals surface area contributed by atoms with Gasteiger partial charge in [0.05, 0.1) is 5.52 Å². The fraction of sp³-hybridized carbons (Fsp3) is 0.348. The maximum absolute atomic E-state index is 12.4. The van der Waals surface area contributed by atoms with Crippen molar-refractivity contribution in [2.24, 2.45) is 0 Å². The molecule has 7 heteroatoms. The second kappa shape index (κ2) is 9.54. The fourth-order valence-corrected chi connectivity index (χ4v) is 3.59. The number of nitrogens with zero attached hydrogens (tertiary/aromatic N) is 4. The van der Waals surface area contributed by atoms with E-state index in [0.29, 0.717) is 6.54 Å². The molecular formula is C23H28N4O3. The molecule has 3 aromatic heterocycles. The minimum Gasteiger partial charge on any atom is -0.477 e. The smallest absolute Gasteiger partial charge is 0.341 e. The lowest BCUT2D eigenvalue weighted by Gasteiger charge is -2.27. The van der Waals surface area contributed by atoms with Crippen LogP contribution in [0.5, 0.6) is 0 Å². The first kappa shape index (κ1) is 21.5. The minimum absolute atomic E-state index is 0.207. The van der Waals surface area contributed by atoms with Gasteiger partial charge in [0.15, 0.2) is 0 Å². The number of likely N-dealkylation sites (N-methyl/N-ethyl adjacent to an activating group) is 2. The molecule has 0 aliphatic heterocycles. The zero-order chi connectivity index (χ0) is 21.7. The number of aryl methyl sites for hydroxylation is 1. The molecule has 3 rings (SSSR count). The second-order valence-corrected chi connectivity index (χ2v) is 7.33. The van der Waals surface area contributed by atoms with Crippen LogP contribution in [0.1, 0.15) is 35.5 Å². The molecule has 0 fully saturated rings. The Morgan fingerprint density at radius 3 is 2.67 bits per heavy atom. The van der Waals surface area contributed by atoms with E-state index in [1.165, 1.54) is 10.5 Å². The first-order valence-electron chi connectivity index (χ1n) is 10.2. The highest BCUT2D eigenvalue weighted by molar-refractivity contribution is 5.88. The maximum atomic E-state index is 12.4. The molecule has 158 valence electrons. The zero-order valence-electron chi connectivity index (χ0n) is 17.7. The van der Waals surface area contributed by atoms with Crippen LogP contribution < -0.4 is 10.5 Å². The summed E-state index contributed by atoms with van der Waals surface area (Å²) in [6.45, 7) is 7.27. The quantitative estimate of drug-likeness (QED) is 0.587. The van der Waals surface area contributed by atoms with Crippen molar-refractivity contribution in [1.29, 1.82) is 0 Å². The number of fused-ring (bicyclic) bond motifs is 1. The van der Waals surface area contributed by atoms with Crippen LogP contribution in [0.3, 0.4) is 0 Å². The van der Waals surface area contributed by atoms with Crippen molar-refractivity contribution in [1.82, 2.24) is 14.3 Å². The van der Waals surface area contributed by atoms with Gasteiger partial charge in [0.1, 0.15) is 5.56 Å². The molecule has 0 aromatic carbocycles. The summed E-state index contributed by atoms with van der Waals surface area (Å²) < 4.78 is 1.41. The highest BCUT2D eigenvalue weighted by atomic mass is 16.4. The van der Waals surface area contributed by atoms with Crippen LogP contribution in [-0.4, -0.2) is 52.0 Å². The number of carbonyl (C=O) groups is 1. The van der Waals surface area contributed by atoms with E-state index < -0.39 is 11.5 Å². The number of carboxylic acids is 1. The van der Waals surface area contributed by atoms with Crippen LogP contribution in [0, 0.1) is 0 Å². The number of rotatable bonds is 9. The fourth-order valence-electron chi connectivity index (χ4n) is 3.59. The SMILES string of the molecule is CCc1cc(N(CC)CCN(C)Cc2cc(C(=O)O)c(=O)n3ccccc23)ccn1. The zero-order valence-corrected chi connectivity index (χ0v) is 17.7. The van der Waals surface area contributed by atoms with Gasteiger partial charge in [0, 0.05) is 50.0 Å². The Kier molecular flexibility index (Phi) is 6.84. The Balaban J connectivity index is 1.78. The minimum atomic E-state index is -1.20. The van der Waals surface area contributed by atoms with Gasteiger partial charge in [-0.25, -0.2) is 4.79 Å². The average Bonchev–Trinajstić information content (AvgIpc) is 2.76. The number of hydrogen-bond donors (Lipinski definition) is 1.